The van der Waals surface area contributed by atoms with Gasteiger partial charge in [0.15, 0.2) is 5.41 Å². The minimum Gasteiger partial charge on any atom is -0.491 e. The Morgan fingerprint density at radius 1 is 0.871 bits per heavy atom. The predicted molar refractivity (Wildman–Crippen MR) is 109 cm³/mol. The number of hydrogen-bond acceptors (Lipinski definition) is 9. The number of nitrogens with zero attached hydrogens (tertiary/aromatic N) is 2. The van der Waals surface area contributed by atoms with Gasteiger partial charge in [0.25, 0.3) is 0 Å². The summed E-state index contributed by atoms with van der Waals surface area (Å²) in [5.41, 5.74) is -0.860. The van der Waals surface area contributed by atoms with Gasteiger partial charge in [0.2, 0.25) is 0 Å². The largest absolute Gasteiger partial charge is 0.491 e. The first-order valence-electron chi connectivity index (χ1n) is 9.99. The van der Waals surface area contributed by atoms with Crippen LogP contribution in [0.15, 0.2) is 18.2 Å². The minimum atomic E-state index is -1.41. The molecule has 0 aliphatic rings. The summed E-state index contributed by atoms with van der Waals surface area (Å²) in [6.45, 7) is 6.48. The van der Waals surface area contributed by atoms with Crippen molar-refractivity contribution in [2.75, 3.05) is 46.2 Å². The van der Waals surface area contributed by atoms with Gasteiger partial charge in [0.05, 0.1) is 44.2 Å². The highest BCUT2D eigenvalue weighted by molar-refractivity contribution is 5.99. The van der Waals surface area contributed by atoms with Crippen LogP contribution >= 0.6 is 0 Å². The molecule has 0 atom stereocenters. The Bertz CT molecular complexity index is 793. The molecule has 0 bridgehead atoms. The van der Waals surface area contributed by atoms with Crippen LogP contribution in [0, 0.1) is 28.1 Å². The first-order chi connectivity index (χ1) is 14.9. The van der Waals surface area contributed by atoms with Crippen molar-refractivity contribution in [3.05, 3.63) is 29.3 Å². The van der Waals surface area contributed by atoms with Gasteiger partial charge in [-0.05, 0) is 45.4 Å². The molecule has 31 heavy (non-hydrogen) atoms. The normalized spacial score (nSPS) is 10.6. The molecule has 0 aliphatic heterocycles. The zero-order valence-electron chi connectivity index (χ0n) is 18.1. The molecule has 0 fully saturated rings. The number of esters is 2. The average Bonchev–Trinajstić information content (AvgIpc) is 2.77. The van der Waals surface area contributed by atoms with Crippen LogP contribution in [-0.2, 0) is 28.5 Å². The van der Waals surface area contributed by atoms with Gasteiger partial charge in [-0.3, -0.25) is 9.59 Å². The first kappa shape index (κ1) is 25.9. The fraction of sp³-hybridized carbons (Fsp3) is 0.545. The van der Waals surface area contributed by atoms with E-state index in [1.807, 2.05) is 12.1 Å². The smallest absolute Gasteiger partial charge is 0.323 e. The van der Waals surface area contributed by atoms with E-state index in [9.17, 15) is 9.59 Å². The molecule has 9 heteroatoms. The summed E-state index contributed by atoms with van der Waals surface area (Å²) in [7, 11) is 0. The Balaban J connectivity index is 2.28. The highest BCUT2D eigenvalue weighted by Crippen LogP contribution is 2.25. The summed E-state index contributed by atoms with van der Waals surface area (Å²) in [4.78, 5) is 24.3. The van der Waals surface area contributed by atoms with Crippen molar-refractivity contribution in [3.8, 4) is 17.9 Å². The van der Waals surface area contributed by atoms with Crippen LogP contribution in [0.5, 0.6) is 5.75 Å². The van der Waals surface area contributed by atoms with Crippen molar-refractivity contribution in [1.82, 2.24) is 0 Å². The van der Waals surface area contributed by atoms with Crippen molar-refractivity contribution in [2.45, 2.75) is 27.2 Å². The zero-order chi connectivity index (χ0) is 23.1. The van der Waals surface area contributed by atoms with E-state index in [0.717, 1.165) is 0 Å². The summed E-state index contributed by atoms with van der Waals surface area (Å²) < 4.78 is 26.3. The van der Waals surface area contributed by atoms with Crippen molar-refractivity contribution < 1.29 is 33.3 Å². The third-order valence-corrected chi connectivity index (χ3v) is 4.30. The third-order valence-electron chi connectivity index (χ3n) is 4.30. The molecule has 0 aliphatic carbocycles. The Morgan fingerprint density at radius 3 is 1.97 bits per heavy atom. The Kier molecular flexibility index (Phi) is 11.7. The lowest BCUT2D eigenvalue weighted by molar-refractivity contribution is -0.172. The monoisotopic (exact) mass is 432 g/mol. The number of benzene rings is 1. The van der Waals surface area contributed by atoms with E-state index in [1.54, 1.807) is 19.9 Å². The van der Waals surface area contributed by atoms with E-state index in [-0.39, 0.29) is 45.0 Å². The maximum Gasteiger partial charge on any atom is 0.323 e. The molecule has 1 aromatic rings. The van der Waals surface area contributed by atoms with E-state index in [0.29, 0.717) is 24.5 Å². The van der Waals surface area contributed by atoms with Gasteiger partial charge in [-0.25, -0.2) is 0 Å². The Hall–Kier alpha value is -3.14. The molecular formula is C22H28N2O7. The molecule has 168 valence electrons. The molecule has 9 nitrogen and oxygen atoms in total. The highest BCUT2D eigenvalue weighted by atomic mass is 16.6. The van der Waals surface area contributed by atoms with Crippen LogP contribution in [0.4, 0.5) is 0 Å². The van der Waals surface area contributed by atoms with Crippen LogP contribution in [0.3, 0.4) is 0 Å². The van der Waals surface area contributed by atoms with Crippen LogP contribution < -0.4 is 4.74 Å². The highest BCUT2D eigenvalue weighted by Gasteiger charge is 2.43. The lowest BCUT2D eigenvalue weighted by Gasteiger charge is -2.24. The molecule has 0 N–H and O–H groups in total. The summed E-state index contributed by atoms with van der Waals surface area (Å²) in [6.07, 6.45) is 0.133. The number of hydrogen-bond donors (Lipinski definition) is 0. The molecule has 0 saturated carbocycles. The van der Waals surface area contributed by atoms with Crippen molar-refractivity contribution in [1.29, 1.82) is 10.5 Å². The maximum atomic E-state index is 12.2. The van der Waals surface area contributed by atoms with E-state index in [1.165, 1.54) is 19.1 Å². The van der Waals surface area contributed by atoms with Gasteiger partial charge in [0.1, 0.15) is 24.5 Å². The van der Waals surface area contributed by atoms with Crippen molar-refractivity contribution >= 4 is 11.9 Å². The molecule has 0 spiro atoms. The van der Waals surface area contributed by atoms with Gasteiger partial charge in [-0.15, -0.1) is 0 Å². The lowest BCUT2D eigenvalue weighted by atomic mass is 9.87. The summed E-state index contributed by atoms with van der Waals surface area (Å²) in [6, 6.07) is 8.54. The third kappa shape index (κ3) is 8.25. The molecule has 0 heterocycles. The average molecular weight is 432 g/mol. The van der Waals surface area contributed by atoms with Crippen molar-refractivity contribution in [3.63, 3.8) is 0 Å². The molecule has 0 radical (unpaired) electrons. The van der Waals surface area contributed by atoms with Crippen LogP contribution in [0.1, 0.15) is 38.3 Å². The number of carbonyl (C=O) groups is 2. The number of carbonyl (C=O) groups excluding carboxylic acids is 2. The first-order valence-corrected chi connectivity index (χ1v) is 9.99. The van der Waals surface area contributed by atoms with Crippen LogP contribution in [0.25, 0.3) is 0 Å². The standard InChI is InChI=1S/C22H28N2O7/c1-4-29-20(25)22(3,21(26)30-5-2)8-9-27-10-11-28-12-13-31-19-7-6-17(15-23)18(14-19)16-24/h6-7,14H,4-5,8-13H2,1-3H3. The van der Waals surface area contributed by atoms with Crippen LogP contribution in [-0.4, -0.2) is 58.2 Å². The molecule has 0 amide bonds. The number of rotatable bonds is 14. The predicted octanol–water partition coefficient (Wildman–Crippen LogP) is 2.36. The van der Waals surface area contributed by atoms with Crippen molar-refractivity contribution in [2.24, 2.45) is 5.41 Å². The van der Waals surface area contributed by atoms with Gasteiger partial charge in [-0.2, -0.15) is 10.5 Å². The van der Waals surface area contributed by atoms with Crippen LogP contribution in [0.2, 0.25) is 0 Å². The summed E-state index contributed by atoms with van der Waals surface area (Å²) in [5, 5.41) is 17.9. The second-order valence-corrected chi connectivity index (χ2v) is 6.53. The second-order valence-electron chi connectivity index (χ2n) is 6.53. The maximum absolute atomic E-state index is 12.2. The van der Waals surface area contributed by atoms with Gasteiger partial charge < -0.3 is 23.7 Å². The lowest BCUT2D eigenvalue weighted by Crippen LogP contribution is -2.40. The molecule has 0 saturated heterocycles. The topological polar surface area (TPSA) is 128 Å². The van der Waals surface area contributed by atoms with E-state index in [2.05, 4.69) is 0 Å². The van der Waals surface area contributed by atoms with E-state index < -0.39 is 17.4 Å². The molecule has 1 rings (SSSR count). The van der Waals surface area contributed by atoms with Gasteiger partial charge in [0, 0.05) is 6.61 Å². The quantitative estimate of drug-likeness (QED) is 0.247. The molecule has 0 aromatic heterocycles. The SMILES string of the molecule is CCOC(=O)C(C)(CCOCCOCCOc1ccc(C#N)c(C#N)c1)C(=O)OCC. The van der Waals surface area contributed by atoms with Gasteiger partial charge >= 0.3 is 11.9 Å². The molecule has 0 unspecified atom stereocenters. The molecular weight excluding hydrogens is 404 g/mol. The second kappa shape index (κ2) is 14.0. The summed E-state index contributed by atoms with van der Waals surface area (Å²) in [5.74, 6) is -0.784. The van der Waals surface area contributed by atoms with Gasteiger partial charge in [-0.1, -0.05) is 0 Å². The Morgan fingerprint density at radius 2 is 1.42 bits per heavy atom. The zero-order valence-corrected chi connectivity index (χ0v) is 18.1. The summed E-state index contributed by atoms with van der Waals surface area (Å²) >= 11 is 0. The van der Waals surface area contributed by atoms with E-state index in [4.69, 9.17) is 34.2 Å². The number of ether oxygens (including phenoxy) is 5. The fourth-order valence-electron chi connectivity index (χ4n) is 2.49. The van der Waals surface area contributed by atoms with E-state index >= 15 is 0 Å². The Labute approximate surface area is 182 Å². The minimum absolute atomic E-state index is 0.133. The number of nitriles is 2. The fourth-order valence-corrected chi connectivity index (χ4v) is 2.49. The molecule has 1 aromatic carbocycles.